The second kappa shape index (κ2) is 7.11. The van der Waals surface area contributed by atoms with Gasteiger partial charge in [0.15, 0.2) is 0 Å². The summed E-state index contributed by atoms with van der Waals surface area (Å²) in [4.78, 5) is 22.4. The Kier molecular flexibility index (Phi) is 5.05. The summed E-state index contributed by atoms with van der Waals surface area (Å²) in [6, 6.07) is 5.80. The summed E-state index contributed by atoms with van der Waals surface area (Å²) in [5.74, 6) is 2.35. The highest BCUT2D eigenvalue weighted by molar-refractivity contribution is 5.44. The zero-order valence-electron chi connectivity index (χ0n) is 16.2. The molecule has 0 saturated heterocycles. The van der Waals surface area contributed by atoms with E-state index in [4.69, 9.17) is 14.5 Å². The molecule has 0 bridgehead atoms. The van der Waals surface area contributed by atoms with Crippen molar-refractivity contribution in [3.8, 4) is 11.5 Å². The van der Waals surface area contributed by atoms with Gasteiger partial charge in [0.1, 0.15) is 17.3 Å². The van der Waals surface area contributed by atoms with Gasteiger partial charge >= 0.3 is 0 Å². The lowest BCUT2D eigenvalue weighted by Gasteiger charge is -2.29. The Morgan fingerprint density at radius 2 is 1.85 bits per heavy atom. The molecular formula is C20H27N3O3. The third kappa shape index (κ3) is 3.60. The quantitative estimate of drug-likeness (QED) is 0.911. The van der Waals surface area contributed by atoms with Crippen molar-refractivity contribution in [2.75, 3.05) is 20.8 Å². The Labute approximate surface area is 154 Å². The number of fused-ring (bicyclic) bond motifs is 1. The molecule has 2 aromatic rings. The first-order valence-corrected chi connectivity index (χ1v) is 8.88. The summed E-state index contributed by atoms with van der Waals surface area (Å²) < 4.78 is 11.0. The molecule has 3 rings (SSSR count). The third-order valence-corrected chi connectivity index (χ3v) is 4.77. The standard InChI is InChI=1S/C20H27N3O3/c1-20(2,3)19-21-15-12-23(10-9-13(15)18(24)22-19)11-14-16(25-4)7-6-8-17(14)26-5/h6-8H,9-12H2,1-5H3,(H,21,22,24). The SMILES string of the molecule is COc1cccc(OC)c1CN1CCc2c(nc(C(C)(C)C)[nH]c2=O)C1. The minimum atomic E-state index is -0.192. The average molecular weight is 357 g/mol. The van der Waals surface area contributed by atoms with Crippen LogP contribution < -0.4 is 15.0 Å². The lowest BCUT2D eigenvalue weighted by Crippen LogP contribution is -2.36. The highest BCUT2D eigenvalue weighted by Gasteiger charge is 2.25. The second-order valence-corrected chi connectivity index (χ2v) is 7.69. The summed E-state index contributed by atoms with van der Waals surface area (Å²) in [6.07, 6.45) is 0.694. The van der Waals surface area contributed by atoms with Crippen molar-refractivity contribution in [3.05, 3.63) is 51.2 Å². The Morgan fingerprint density at radius 3 is 2.42 bits per heavy atom. The minimum Gasteiger partial charge on any atom is -0.496 e. The molecule has 1 aliphatic heterocycles. The molecule has 1 aromatic heterocycles. The zero-order valence-corrected chi connectivity index (χ0v) is 16.2. The molecule has 140 valence electrons. The van der Waals surface area contributed by atoms with Crippen molar-refractivity contribution in [3.63, 3.8) is 0 Å². The van der Waals surface area contributed by atoms with Crippen molar-refractivity contribution < 1.29 is 9.47 Å². The maximum absolute atomic E-state index is 12.4. The lowest BCUT2D eigenvalue weighted by atomic mass is 9.95. The summed E-state index contributed by atoms with van der Waals surface area (Å²) in [7, 11) is 3.33. The number of ether oxygens (including phenoxy) is 2. The van der Waals surface area contributed by atoms with Crippen LogP contribution in [0, 0.1) is 0 Å². The Hall–Kier alpha value is -2.34. The van der Waals surface area contributed by atoms with E-state index in [9.17, 15) is 4.79 Å². The van der Waals surface area contributed by atoms with Gasteiger partial charge in [-0.05, 0) is 18.6 Å². The van der Waals surface area contributed by atoms with Gasteiger partial charge in [-0.25, -0.2) is 4.98 Å². The van der Waals surface area contributed by atoms with Gasteiger partial charge in [0.25, 0.3) is 5.56 Å². The number of aromatic amines is 1. The molecule has 1 aliphatic rings. The van der Waals surface area contributed by atoms with E-state index in [1.807, 2.05) is 18.2 Å². The lowest BCUT2D eigenvalue weighted by molar-refractivity contribution is 0.232. The van der Waals surface area contributed by atoms with Gasteiger partial charge in [-0.1, -0.05) is 26.8 Å². The molecule has 0 saturated carbocycles. The Bertz CT molecular complexity index is 830. The molecule has 26 heavy (non-hydrogen) atoms. The first-order valence-electron chi connectivity index (χ1n) is 8.88. The van der Waals surface area contributed by atoms with Crippen LogP contribution in [0.4, 0.5) is 0 Å². The van der Waals surface area contributed by atoms with Gasteiger partial charge in [0, 0.05) is 30.6 Å². The van der Waals surface area contributed by atoms with Crippen molar-refractivity contribution >= 4 is 0 Å². The number of rotatable bonds is 4. The van der Waals surface area contributed by atoms with Crippen molar-refractivity contribution in [2.45, 2.75) is 45.7 Å². The molecule has 0 fully saturated rings. The summed E-state index contributed by atoms with van der Waals surface area (Å²) in [6.45, 7) is 8.29. The van der Waals surface area contributed by atoms with Crippen LogP contribution in [0.3, 0.4) is 0 Å². The first-order chi connectivity index (χ1) is 12.3. The number of hydrogen-bond acceptors (Lipinski definition) is 5. The van der Waals surface area contributed by atoms with Gasteiger partial charge in [0.2, 0.25) is 0 Å². The van der Waals surface area contributed by atoms with Crippen LogP contribution in [0.15, 0.2) is 23.0 Å². The monoisotopic (exact) mass is 357 g/mol. The van der Waals surface area contributed by atoms with Crippen LogP contribution in [-0.2, 0) is 24.9 Å². The molecule has 0 aliphatic carbocycles. The average Bonchev–Trinajstić information content (AvgIpc) is 2.60. The molecule has 1 N–H and O–H groups in total. The molecule has 0 unspecified atom stereocenters. The number of methoxy groups -OCH3 is 2. The van der Waals surface area contributed by atoms with Crippen LogP contribution in [0.1, 0.15) is 43.4 Å². The molecule has 2 heterocycles. The smallest absolute Gasteiger partial charge is 0.254 e. The highest BCUT2D eigenvalue weighted by atomic mass is 16.5. The topological polar surface area (TPSA) is 67.5 Å². The molecule has 0 radical (unpaired) electrons. The second-order valence-electron chi connectivity index (χ2n) is 7.69. The molecule has 0 spiro atoms. The summed E-state index contributed by atoms with van der Waals surface area (Å²) in [5.41, 5.74) is 2.50. The molecule has 6 nitrogen and oxygen atoms in total. The zero-order chi connectivity index (χ0) is 18.9. The molecule has 0 atom stereocenters. The van der Waals surface area contributed by atoms with Gasteiger partial charge < -0.3 is 14.5 Å². The number of aromatic nitrogens is 2. The highest BCUT2D eigenvalue weighted by Crippen LogP contribution is 2.31. The van der Waals surface area contributed by atoms with E-state index in [1.54, 1.807) is 14.2 Å². The van der Waals surface area contributed by atoms with Gasteiger partial charge in [-0.15, -0.1) is 0 Å². The van der Waals surface area contributed by atoms with Crippen molar-refractivity contribution in [1.82, 2.24) is 14.9 Å². The summed E-state index contributed by atoms with van der Waals surface area (Å²) >= 11 is 0. The number of hydrogen-bond donors (Lipinski definition) is 1. The Balaban J connectivity index is 1.90. The maximum atomic E-state index is 12.4. The number of nitrogens with one attached hydrogen (secondary N) is 1. The van der Waals surface area contributed by atoms with Crippen molar-refractivity contribution in [2.24, 2.45) is 0 Å². The first kappa shape index (κ1) is 18.5. The van der Waals surface area contributed by atoms with Crippen LogP contribution in [0.25, 0.3) is 0 Å². The normalized spacial score (nSPS) is 14.8. The molecule has 1 aromatic carbocycles. The van der Waals surface area contributed by atoms with E-state index in [0.29, 0.717) is 19.5 Å². The molecule has 6 heteroatoms. The van der Waals surface area contributed by atoms with E-state index in [0.717, 1.165) is 40.7 Å². The fourth-order valence-electron chi connectivity index (χ4n) is 3.29. The van der Waals surface area contributed by atoms with Crippen LogP contribution >= 0.6 is 0 Å². The van der Waals surface area contributed by atoms with Crippen LogP contribution in [0.2, 0.25) is 0 Å². The van der Waals surface area contributed by atoms with E-state index in [1.165, 1.54) is 0 Å². The summed E-state index contributed by atoms with van der Waals surface area (Å²) in [5, 5.41) is 0. The minimum absolute atomic E-state index is 0.00514. The maximum Gasteiger partial charge on any atom is 0.254 e. The van der Waals surface area contributed by atoms with Gasteiger partial charge in [0.05, 0.1) is 25.5 Å². The number of nitrogens with zero attached hydrogens (tertiary/aromatic N) is 2. The van der Waals surface area contributed by atoms with Gasteiger partial charge in [-0.2, -0.15) is 0 Å². The number of benzene rings is 1. The molecule has 0 amide bonds. The molecular weight excluding hydrogens is 330 g/mol. The van der Waals surface area contributed by atoms with E-state index >= 15 is 0 Å². The fourth-order valence-corrected chi connectivity index (χ4v) is 3.29. The predicted octanol–water partition coefficient (Wildman–Crippen LogP) is 2.64. The van der Waals surface area contributed by atoms with Crippen molar-refractivity contribution in [1.29, 1.82) is 0 Å². The predicted molar refractivity (Wildman–Crippen MR) is 101 cm³/mol. The van der Waals surface area contributed by atoms with E-state index in [2.05, 4.69) is 30.7 Å². The number of H-pyrrole nitrogens is 1. The van der Waals surface area contributed by atoms with E-state index in [-0.39, 0.29) is 11.0 Å². The fraction of sp³-hybridized carbons (Fsp3) is 0.500. The van der Waals surface area contributed by atoms with E-state index < -0.39 is 0 Å². The Morgan fingerprint density at radius 1 is 1.19 bits per heavy atom. The largest absolute Gasteiger partial charge is 0.496 e. The van der Waals surface area contributed by atoms with Crippen LogP contribution in [-0.4, -0.2) is 35.6 Å². The van der Waals surface area contributed by atoms with Crippen LogP contribution in [0.5, 0.6) is 11.5 Å². The third-order valence-electron chi connectivity index (χ3n) is 4.77. The van der Waals surface area contributed by atoms with Gasteiger partial charge in [-0.3, -0.25) is 9.69 Å².